The highest BCUT2D eigenvalue weighted by atomic mass is 19.1. The fraction of sp³-hybridized carbons (Fsp3) is 0.347. The molecule has 3 saturated heterocycles. The van der Waals surface area contributed by atoms with E-state index in [1.54, 1.807) is 29.0 Å². The lowest BCUT2D eigenvalue weighted by Gasteiger charge is -2.34. The van der Waals surface area contributed by atoms with Gasteiger partial charge in [0, 0.05) is 51.7 Å². The van der Waals surface area contributed by atoms with Gasteiger partial charge in [0.25, 0.3) is 11.8 Å². The van der Waals surface area contributed by atoms with Crippen molar-refractivity contribution in [2.24, 2.45) is 0 Å². The average molecular weight is 868 g/mol. The maximum absolute atomic E-state index is 14.4. The molecule has 0 radical (unpaired) electrons. The second kappa shape index (κ2) is 17.5. The summed E-state index contributed by atoms with van der Waals surface area (Å²) in [5.41, 5.74) is 2.80. The van der Waals surface area contributed by atoms with Crippen molar-refractivity contribution >= 4 is 39.3 Å². The van der Waals surface area contributed by atoms with Crippen molar-refractivity contribution in [3.8, 4) is 34.4 Å². The van der Waals surface area contributed by atoms with Crippen LogP contribution in [-0.4, -0.2) is 107 Å². The summed E-state index contributed by atoms with van der Waals surface area (Å²) in [6, 6.07) is 21.1. The lowest BCUT2D eigenvalue weighted by Crippen LogP contribution is -2.37. The summed E-state index contributed by atoms with van der Waals surface area (Å²) in [5.74, 6) is 0.442. The quantitative estimate of drug-likeness (QED) is 0.159. The van der Waals surface area contributed by atoms with Gasteiger partial charge >= 0.3 is 0 Å². The van der Waals surface area contributed by atoms with Gasteiger partial charge in [-0.25, -0.2) is 4.39 Å². The number of amides is 2. The highest BCUT2D eigenvalue weighted by molar-refractivity contribution is 6.01. The third-order valence-corrected chi connectivity index (χ3v) is 13.0. The molecule has 6 aromatic rings. The first kappa shape index (κ1) is 41.5. The van der Waals surface area contributed by atoms with Crippen LogP contribution >= 0.6 is 0 Å². The molecule has 3 N–H and O–H groups in total. The molecule has 330 valence electrons. The van der Waals surface area contributed by atoms with E-state index in [1.807, 2.05) is 47.0 Å². The van der Waals surface area contributed by atoms with Crippen LogP contribution in [0.4, 0.5) is 10.1 Å². The predicted molar refractivity (Wildman–Crippen MR) is 243 cm³/mol. The largest absolute Gasteiger partial charge is 0.451 e. The molecule has 0 saturated carbocycles. The molecule has 7 heterocycles. The molecule has 15 heteroatoms. The van der Waals surface area contributed by atoms with E-state index in [-0.39, 0.29) is 39.7 Å². The van der Waals surface area contributed by atoms with E-state index < -0.39 is 17.2 Å². The maximum Gasteiger partial charge on any atom is 0.256 e. The summed E-state index contributed by atoms with van der Waals surface area (Å²) >= 11 is 0. The molecule has 2 amide bonds. The molecule has 0 atom stereocenters. The van der Waals surface area contributed by atoms with Gasteiger partial charge in [-0.3, -0.25) is 19.2 Å². The van der Waals surface area contributed by atoms with Gasteiger partial charge in [-0.1, -0.05) is 24.3 Å². The number of aliphatic hydroxyl groups excluding tert-OH is 1. The number of hydrogen-bond donors (Lipinski definition) is 3. The monoisotopic (exact) mass is 867 g/mol. The number of carbonyl (C=O) groups is 2. The van der Waals surface area contributed by atoms with Crippen LogP contribution in [0.3, 0.4) is 0 Å². The van der Waals surface area contributed by atoms with Crippen LogP contribution in [0, 0.1) is 5.82 Å². The Labute approximate surface area is 368 Å². The Bertz CT molecular complexity index is 2910. The molecule has 2 aromatic heterocycles. The molecule has 5 aliphatic rings. The average Bonchev–Trinajstić information content (AvgIpc) is 4.05. The summed E-state index contributed by atoms with van der Waals surface area (Å²) in [7, 11) is 0. The summed E-state index contributed by atoms with van der Waals surface area (Å²) < 4.78 is 30.1. The predicted octanol–water partition coefficient (Wildman–Crippen LogP) is 5.94. The summed E-state index contributed by atoms with van der Waals surface area (Å²) in [4.78, 5) is 59.2. The highest BCUT2D eigenvalue weighted by Gasteiger charge is 2.30. The van der Waals surface area contributed by atoms with Gasteiger partial charge in [0.15, 0.2) is 28.8 Å². The number of aliphatic hydroxyl groups is 1. The molecule has 0 spiro atoms. The number of piperidine rings is 1. The first-order chi connectivity index (χ1) is 31.2. The molecule has 0 bridgehead atoms. The van der Waals surface area contributed by atoms with Crippen LogP contribution in [0.5, 0.6) is 23.0 Å². The van der Waals surface area contributed by atoms with Gasteiger partial charge in [-0.2, -0.15) is 0 Å². The second-order valence-corrected chi connectivity index (χ2v) is 17.0. The zero-order valence-corrected chi connectivity index (χ0v) is 35.5. The summed E-state index contributed by atoms with van der Waals surface area (Å²) in [5, 5.41) is 16.5. The van der Waals surface area contributed by atoms with Crippen LogP contribution in [0.2, 0.25) is 0 Å². The molecule has 14 nitrogen and oxygen atoms in total. The van der Waals surface area contributed by atoms with Crippen molar-refractivity contribution in [3.63, 3.8) is 0 Å². The Kier molecular flexibility index (Phi) is 11.4. The van der Waals surface area contributed by atoms with Gasteiger partial charge in [-0.15, -0.1) is 0 Å². The van der Waals surface area contributed by atoms with Crippen LogP contribution < -0.4 is 35.9 Å². The molecular formula is C49H50FN7O7. The fourth-order valence-electron chi connectivity index (χ4n) is 9.57. The number of likely N-dealkylation sites (tertiary alicyclic amines) is 2. The minimum Gasteiger partial charge on any atom is -0.451 e. The van der Waals surface area contributed by atoms with Crippen molar-refractivity contribution in [2.45, 2.75) is 44.6 Å². The van der Waals surface area contributed by atoms with Crippen molar-refractivity contribution in [1.29, 1.82) is 0 Å². The van der Waals surface area contributed by atoms with Crippen LogP contribution in [-0.2, 0) is 0 Å². The third-order valence-electron chi connectivity index (χ3n) is 13.0. The number of carbonyl (C=O) groups excluding carboxylic acids is 2. The van der Waals surface area contributed by atoms with Crippen LogP contribution in [0.1, 0.15) is 59.2 Å². The number of ether oxygens (including phenoxy) is 2. The third kappa shape index (κ3) is 7.77. The Hall–Kier alpha value is -6.55. The van der Waals surface area contributed by atoms with E-state index in [9.17, 15) is 28.7 Å². The normalized spacial score (nSPS) is 16.7. The molecule has 3 fully saturated rings. The van der Waals surface area contributed by atoms with Crippen molar-refractivity contribution < 1.29 is 28.6 Å². The first-order valence-electron chi connectivity index (χ1n) is 22.3. The van der Waals surface area contributed by atoms with E-state index in [0.717, 1.165) is 50.6 Å². The maximum atomic E-state index is 14.4. The Morgan fingerprint density at radius 2 is 1.08 bits per heavy atom. The summed E-state index contributed by atoms with van der Waals surface area (Å²) in [6.45, 7) is 8.20. The lowest BCUT2D eigenvalue weighted by molar-refractivity contribution is 0.0940. The topological polar surface area (TPSA) is 151 Å². The van der Waals surface area contributed by atoms with Crippen molar-refractivity contribution in [2.75, 3.05) is 70.3 Å². The van der Waals surface area contributed by atoms with E-state index in [1.165, 1.54) is 44.0 Å². The molecule has 4 aromatic carbocycles. The van der Waals surface area contributed by atoms with Crippen molar-refractivity contribution in [1.82, 2.24) is 29.6 Å². The van der Waals surface area contributed by atoms with Gasteiger partial charge in [-0.05, 0) is 113 Å². The molecule has 5 aliphatic heterocycles. The van der Waals surface area contributed by atoms with E-state index in [4.69, 9.17) is 9.47 Å². The van der Waals surface area contributed by atoms with E-state index in [2.05, 4.69) is 25.3 Å². The van der Waals surface area contributed by atoms with Crippen molar-refractivity contribution in [3.05, 3.63) is 123 Å². The molecule has 64 heavy (non-hydrogen) atoms. The van der Waals surface area contributed by atoms with Gasteiger partial charge < -0.3 is 49.0 Å². The molecule has 11 rings (SSSR count). The van der Waals surface area contributed by atoms with Gasteiger partial charge in [0.2, 0.25) is 10.9 Å². The standard InChI is InChI=1S/C27H30N4O4.C22H20FN3O3/c32-18-9-14-30(15-10-18)22-8-7-19-24-26(22)35-23-6-2-1-5-21(23)31(24)17-20(25(19)33)27(34)28-11-16-29-12-3-4-13-29;23-16-8-7-14-19-21(16)29-18-6-2-1-5-17(18)26(19)13-15(20(14)27)22(28)24-9-12-25-10-3-4-11-25/h1-2,5-8,17-18,32H,3-4,9-16H2,(H,28,34);1-2,5-8,13H,3-4,9-12H2,(H,24,28). The smallest absolute Gasteiger partial charge is 0.256 e. The second-order valence-electron chi connectivity index (χ2n) is 17.0. The van der Waals surface area contributed by atoms with Gasteiger partial charge in [0.1, 0.15) is 22.2 Å². The SMILES string of the molecule is O=C(NCCN1CCCC1)c1cn2c3c(c(F)ccc3c1=O)Oc1ccccc1-2.O=C(NCCN1CCCC1)c1cn2c3c(c(N4CCC(O)CC4)ccc3c1=O)Oc1ccccc1-2. The lowest BCUT2D eigenvalue weighted by atomic mass is 10.0. The number of rotatable bonds is 9. The molecule has 0 unspecified atom stereocenters. The minimum atomic E-state index is -0.553. The summed E-state index contributed by atoms with van der Waals surface area (Å²) in [6.07, 6.45) is 9.02. The zero-order valence-electron chi connectivity index (χ0n) is 35.5. The number of anilines is 1. The molecular weight excluding hydrogens is 818 g/mol. The number of halogens is 1. The number of pyridine rings is 2. The zero-order chi connectivity index (χ0) is 43.9. The Balaban J connectivity index is 0.000000154. The van der Waals surface area contributed by atoms with E-state index in [0.29, 0.717) is 78.4 Å². The number of fused-ring (bicyclic) bond motifs is 4. The number of benzene rings is 4. The number of aromatic nitrogens is 2. The number of nitrogens with one attached hydrogen (secondary N) is 2. The minimum absolute atomic E-state index is 0.000656. The van der Waals surface area contributed by atoms with Crippen LogP contribution in [0.15, 0.2) is 94.8 Å². The van der Waals surface area contributed by atoms with E-state index >= 15 is 0 Å². The van der Waals surface area contributed by atoms with Gasteiger partial charge in [0.05, 0.1) is 33.9 Å². The highest BCUT2D eigenvalue weighted by Crippen LogP contribution is 2.46. The van der Waals surface area contributed by atoms with Crippen LogP contribution in [0.25, 0.3) is 33.2 Å². The molecule has 0 aliphatic carbocycles. The number of para-hydroxylation sites is 4. The fourth-order valence-corrected chi connectivity index (χ4v) is 9.57. The Morgan fingerprint density at radius 3 is 1.61 bits per heavy atom. The Morgan fingerprint density at radius 1 is 0.609 bits per heavy atom. The number of hydrogen-bond acceptors (Lipinski definition) is 10. The first-order valence-corrected chi connectivity index (χ1v) is 22.3. The number of nitrogens with zero attached hydrogens (tertiary/aromatic N) is 5.